The average Bonchev–Trinajstić information content (AvgIpc) is 2.66. The summed E-state index contributed by atoms with van der Waals surface area (Å²) in [5.74, 6) is 1.50. The van der Waals surface area contributed by atoms with Crippen LogP contribution in [0.3, 0.4) is 0 Å². The van der Waals surface area contributed by atoms with Gasteiger partial charge in [-0.15, -0.1) is 0 Å². The highest BCUT2D eigenvalue weighted by molar-refractivity contribution is 5.99. The molecule has 2 aromatic carbocycles. The molecule has 3 rings (SSSR count). The quantitative estimate of drug-likeness (QED) is 0.708. The number of hydrogen-bond acceptors (Lipinski definition) is 6. The van der Waals surface area contributed by atoms with E-state index in [1.165, 1.54) is 39.8 Å². The highest BCUT2D eigenvalue weighted by Gasteiger charge is 2.30. The molecule has 0 spiro atoms. The van der Waals surface area contributed by atoms with Crippen LogP contribution in [0.2, 0.25) is 0 Å². The summed E-state index contributed by atoms with van der Waals surface area (Å²) in [6.07, 6.45) is -3.06. The van der Waals surface area contributed by atoms with Gasteiger partial charge in [0.2, 0.25) is 5.75 Å². The molecule has 3 aromatic rings. The fraction of sp³-hybridized carbons (Fsp3) is 0.222. The molecule has 0 fully saturated rings. The number of anilines is 2. The first-order valence-corrected chi connectivity index (χ1v) is 7.77. The molecule has 27 heavy (non-hydrogen) atoms. The van der Waals surface area contributed by atoms with Crippen LogP contribution in [0.1, 0.15) is 5.56 Å². The van der Waals surface area contributed by atoms with Crippen LogP contribution in [0.15, 0.2) is 36.7 Å². The first-order valence-electron chi connectivity index (χ1n) is 7.77. The Balaban J connectivity index is 2.09. The molecule has 0 aliphatic carbocycles. The van der Waals surface area contributed by atoms with Gasteiger partial charge in [0.25, 0.3) is 0 Å². The van der Waals surface area contributed by atoms with Crippen molar-refractivity contribution >= 4 is 22.4 Å². The SMILES string of the molecule is COc1cc2ncnc(Nc3ccc(C(F)(F)F)cc3)c2c(OC)c1OC. The van der Waals surface area contributed by atoms with Gasteiger partial charge in [0.1, 0.15) is 12.1 Å². The number of aromatic nitrogens is 2. The highest BCUT2D eigenvalue weighted by atomic mass is 19.4. The molecule has 0 amide bonds. The molecule has 0 saturated carbocycles. The Labute approximate surface area is 152 Å². The summed E-state index contributed by atoms with van der Waals surface area (Å²) in [5.41, 5.74) is 0.221. The van der Waals surface area contributed by atoms with Gasteiger partial charge in [0.05, 0.1) is 37.8 Å². The molecule has 9 heteroatoms. The van der Waals surface area contributed by atoms with E-state index >= 15 is 0 Å². The van der Waals surface area contributed by atoms with Gasteiger partial charge in [-0.2, -0.15) is 13.2 Å². The number of alkyl halides is 3. The zero-order chi connectivity index (χ0) is 19.6. The van der Waals surface area contributed by atoms with Crippen molar-refractivity contribution in [1.29, 1.82) is 0 Å². The van der Waals surface area contributed by atoms with E-state index in [-0.39, 0.29) is 0 Å². The second kappa shape index (κ2) is 7.18. The van der Waals surface area contributed by atoms with Crippen molar-refractivity contribution in [2.45, 2.75) is 6.18 Å². The lowest BCUT2D eigenvalue weighted by molar-refractivity contribution is -0.137. The lowest BCUT2D eigenvalue weighted by Crippen LogP contribution is -2.05. The van der Waals surface area contributed by atoms with Gasteiger partial charge >= 0.3 is 6.18 Å². The molecule has 1 heterocycles. The van der Waals surface area contributed by atoms with E-state index in [2.05, 4.69) is 15.3 Å². The number of halogens is 3. The van der Waals surface area contributed by atoms with Gasteiger partial charge < -0.3 is 19.5 Å². The summed E-state index contributed by atoms with van der Waals surface area (Å²) in [6, 6.07) is 6.30. The van der Waals surface area contributed by atoms with Crippen LogP contribution in [0.4, 0.5) is 24.7 Å². The molecule has 6 nitrogen and oxygen atoms in total. The molecule has 1 aromatic heterocycles. The molecular weight excluding hydrogens is 363 g/mol. The minimum absolute atomic E-state index is 0.349. The molecule has 1 N–H and O–H groups in total. The number of ether oxygens (including phenoxy) is 3. The third kappa shape index (κ3) is 3.53. The third-order valence-corrected chi connectivity index (χ3v) is 3.90. The summed E-state index contributed by atoms with van der Waals surface area (Å²) in [5, 5.41) is 3.51. The van der Waals surface area contributed by atoms with Crippen molar-refractivity contribution in [3.05, 3.63) is 42.2 Å². The summed E-state index contributed by atoms with van der Waals surface area (Å²) in [6.45, 7) is 0. The maximum absolute atomic E-state index is 12.7. The number of methoxy groups -OCH3 is 3. The summed E-state index contributed by atoms with van der Waals surface area (Å²) < 4.78 is 54.3. The van der Waals surface area contributed by atoms with Crippen LogP contribution >= 0.6 is 0 Å². The van der Waals surface area contributed by atoms with E-state index in [0.717, 1.165) is 12.1 Å². The van der Waals surface area contributed by atoms with Gasteiger partial charge in [-0.05, 0) is 24.3 Å². The second-order valence-corrected chi connectivity index (χ2v) is 5.46. The largest absolute Gasteiger partial charge is 0.493 e. The van der Waals surface area contributed by atoms with Crippen LogP contribution in [0.5, 0.6) is 17.2 Å². The van der Waals surface area contributed by atoms with Crippen LogP contribution in [-0.2, 0) is 6.18 Å². The molecule has 0 unspecified atom stereocenters. The first-order chi connectivity index (χ1) is 12.9. The average molecular weight is 379 g/mol. The number of fused-ring (bicyclic) bond motifs is 1. The second-order valence-electron chi connectivity index (χ2n) is 5.46. The number of benzene rings is 2. The number of nitrogens with zero attached hydrogens (tertiary/aromatic N) is 2. The molecule has 0 saturated heterocycles. The Morgan fingerprint density at radius 2 is 1.56 bits per heavy atom. The maximum Gasteiger partial charge on any atom is 0.416 e. The minimum atomic E-state index is -4.40. The Kier molecular flexibility index (Phi) is 4.93. The fourth-order valence-corrected chi connectivity index (χ4v) is 2.66. The van der Waals surface area contributed by atoms with E-state index in [4.69, 9.17) is 14.2 Å². The normalized spacial score (nSPS) is 11.3. The van der Waals surface area contributed by atoms with E-state index < -0.39 is 11.7 Å². The topological polar surface area (TPSA) is 65.5 Å². The molecule has 0 aliphatic heterocycles. The summed E-state index contributed by atoms with van der Waals surface area (Å²) >= 11 is 0. The van der Waals surface area contributed by atoms with Crippen LogP contribution < -0.4 is 19.5 Å². The predicted octanol–water partition coefficient (Wildman–Crippen LogP) is 4.42. The van der Waals surface area contributed by atoms with Crippen molar-refractivity contribution in [2.24, 2.45) is 0 Å². The summed E-state index contributed by atoms with van der Waals surface area (Å²) in [4.78, 5) is 8.40. The Bertz CT molecular complexity index is 960. The van der Waals surface area contributed by atoms with Crippen LogP contribution in [-0.4, -0.2) is 31.3 Å². The van der Waals surface area contributed by atoms with Gasteiger partial charge in [0, 0.05) is 11.8 Å². The fourth-order valence-electron chi connectivity index (χ4n) is 2.66. The third-order valence-electron chi connectivity index (χ3n) is 3.90. The molecule has 0 radical (unpaired) electrons. The van der Waals surface area contributed by atoms with Crippen molar-refractivity contribution in [1.82, 2.24) is 9.97 Å². The molecule has 0 bridgehead atoms. The number of rotatable bonds is 5. The minimum Gasteiger partial charge on any atom is -0.493 e. The van der Waals surface area contributed by atoms with Gasteiger partial charge in [0.15, 0.2) is 11.5 Å². The highest BCUT2D eigenvalue weighted by Crippen LogP contribution is 2.45. The number of nitrogens with one attached hydrogen (secondary N) is 1. The zero-order valence-electron chi connectivity index (χ0n) is 14.7. The van der Waals surface area contributed by atoms with Crippen molar-refractivity contribution in [3.63, 3.8) is 0 Å². The Morgan fingerprint density at radius 1 is 0.889 bits per heavy atom. The molecule has 0 atom stereocenters. The van der Waals surface area contributed by atoms with E-state index in [0.29, 0.717) is 39.7 Å². The maximum atomic E-state index is 12.7. The molecule has 142 valence electrons. The van der Waals surface area contributed by atoms with Crippen molar-refractivity contribution < 1.29 is 27.4 Å². The monoisotopic (exact) mass is 379 g/mol. The molecular formula is C18H16F3N3O3. The number of hydrogen-bond donors (Lipinski definition) is 1. The van der Waals surface area contributed by atoms with E-state index in [1.54, 1.807) is 6.07 Å². The van der Waals surface area contributed by atoms with Gasteiger partial charge in [-0.3, -0.25) is 0 Å². The lowest BCUT2D eigenvalue weighted by atomic mass is 10.1. The smallest absolute Gasteiger partial charge is 0.416 e. The lowest BCUT2D eigenvalue weighted by Gasteiger charge is -2.16. The molecule has 0 aliphatic rings. The van der Waals surface area contributed by atoms with E-state index in [1.807, 2.05) is 0 Å². The Hall–Kier alpha value is -3.23. The zero-order valence-corrected chi connectivity index (χ0v) is 14.7. The standard InChI is InChI=1S/C18H16F3N3O3/c1-25-13-8-12-14(16(27-3)15(13)26-2)17(23-9-22-12)24-11-6-4-10(5-7-11)18(19,20)21/h4-9H,1-3H3,(H,22,23,24). The van der Waals surface area contributed by atoms with Crippen LogP contribution in [0, 0.1) is 0 Å². The van der Waals surface area contributed by atoms with Crippen LogP contribution in [0.25, 0.3) is 10.9 Å². The first kappa shape index (κ1) is 18.6. The van der Waals surface area contributed by atoms with Gasteiger partial charge in [-0.25, -0.2) is 9.97 Å². The van der Waals surface area contributed by atoms with Gasteiger partial charge in [-0.1, -0.05) is 0 Å². The summed E-state index contributed by atoms with van der Waals surface area (Å²) in [7, 11) is 4.43. The van der Waals surface area contributed by atoms with Crippen molar-refractivity contribution in [2.75, 3.05) is 26.6 Å². The predicted molar refractivity (Wildman–Crippen MR) is 93.9 cm³/mol. The van der Waals surface area contributed by atoms with E-state index in [9.17, 15) is 13.2 Å². The Morgan fingerprint density at radius 3 is 2.11 bits per heavy atom. The van der Waals surface area contributed by atoms with Crippen molar-refractivity contribution in [3.8, 4) is 17.2 Å².